The van der Waals surface area contributed by atoms with Crippen molar-refractivity contribution in [1.82, 2.24) is 5.32 Å². The molecule has 0 saturated carbocycles. The van der Waals surface area contributed by atoms with E-state index in [4.69, 9.17) is 27.9 Å². The summed E-state index contributed by atoms with van der Waals surface area (Å²) >= 11 is 11.9. The van der Waals surface area contributed by atoms with Gasteiger partial charge in [-0.05, 0) is 42.3 Å². The van der Waals surface area contributed by atoms with E-state index in [1.165, 1.54) is 0 Å². The second-order valence-electron chi connectivity index (χ2n) is 4.78. The van der Waals surface area contributed by atoms with Gasteiger partial charge in [0.05, 0.1) is 0 Å². The van der Waals surface area contributed by atoms with Crippen molar-refractivity contribution < 1.29 is 9.53 Å². The molecular formula is C17H17Cl2NO2. The molecule has 0 bridgehead atoms. The molecule has 5 heteroatoms. The summed E-state index contributed by atoms with van der Waals surface area (Å²) in [5.74, 6) is 0.446. The van der Waals surface area contributed by atoms with Crippen molar-refractivity contribution in [1.29, 1.82) is 0 Å². The minimum absolute atomic E-state index is 0.169. The summed E-state index contributed by atoms with van der Waals surface area (Å²) in [7, 11) is 0. The number of halogens is 2. The molecular weight excluding hydrogens is 321 g/mol. The van der Waals surface area contributed by atoms with Crippen molar-refractivity contribution in [3.63, 3.8) is 0 Å². The van der Waals surface area contributed by atoms with E-state index in [1.54, 1.807) is 30.3 Å². The molecule has 0 aliphatic rings. The molecule has 22 heavy (non-hydrogen) atoms. The molecule has 0 spiro atoms. The summed E-state index contributed by atoms with van der Waals surface area (Å²) < 4.78 is 5.70. The third kappa shape index (κ3) is 4.65. The summed E-state index contributed by atoms with van der Waals surface area (Å²) in [6, 6.07) is 14.4. The van der Waals surface area contributed by atoms with Crippen molar-refractivity contribution in [3.8, 4) is 5.75 Å². The van der Waals surface area contributed by atoms with Crippen LogP contribution in [0, 0.1) is 0 Å². The number of nitrogens with one attached hydrogen (secondary N) is 1. The first kappa shape index (κ1) is 16.7. The van der Waals surface area contributed by atoms with E-state index in [-0.39, 0.29) is 5.91 Å². The molecule has 0 fully saturated rings. The summed E-state index contributed by atoms with van der Waals surface area (Å²) in [6.45, 7) is 2.27. The van der Waals surface area contributed by atoms with Crippen molar-refractivity contribution in [3.05, 3.63) is 64.1 Å². The Morgan fingerprint density at radius 2 is 1.82 bits per heavy atom. The monoisotopic (exact) mass is 337 g/mol. The molecule has 0 aromatic heterocycles. The molecule has 2 aromatic carbocycles. The van der Waals surface area contributed by atoms with Crippen LogP contribution in [-0.2, 0) is 11.3 Å². The van der Waals surface area contributed by atoms with Gasteiger partial charge in [-0.1, -0.05) is 48.3 Å². The van der Waals surface area contributed by atoms with Crippen molar-refractivity contribution in [2.24, 2.45) is 0 Å². The van der Waals surface area contributed by atoms with Gasteiger partial charge >= 0.3 is 0 Å². The Labute approximate surface area is 140 Å². The Hall–Kier alpha value is -1.71. The Kier molecular flexibility index (Phi) is 6.10. The fourth-order valence-electron chi connectivity index (χ4n) is 1.94. The fourth-order valence-corrected chi connectivity index (χ4v) is 2.27. The number of ether oxygens (including phenoxy) is 1. The van der Waals surface area contributed by atoms with Crippen molar-refractivity contribution in [2.75, 3.05) is 0 Å². The van der Waals surface area contributed by atoms with Gasteiger partial charge < -0.3 is 10.1 Å². The van der Waals surface area contributed by atoms with Crippen molar-refractivity contribution in [2.45, 2.75) is 26.0 Å². The summed E-state index contributed by atoms with van der Waals surface area (Å²) in [5, 5.41) is 4.11. The normalized spacial score (nSPS) is 11.8. The largest absolute Gasteiger partial charge is 0.481 e. The molecule has 0 aliphatic carbocycles. The van der Waals surface area contributed by atoms with Crippen LogP contribution in [0.1, 0.15) is 18.9 Å². The average molecular weight is 338 g/mol. The van der Waals surface area contributed by atoms with Gasteiger partial charge in [0.1, 0.15) is 5.75 Å². The predicted octanol–water partition coefficient (Wildman–Crippen LogP) is 4.47. The molecule has 2 rings (SSSR count). The average Bonchev–Trinajstić information content (AvgIpc) is 2.53. The van der Waals surface area contributed by atoms with Crippen LogP contribution in [0.3, 0.4) is 0 Å². The van der Waals surface area contributed by atoms with Gasteiger partial charge in [0.2, 0.25) is 0 Å². The first-order valence-corrected chi connectivity index (χ1v) is 7.79. The van der Waals surface area contributed by atoms with E-state index in [0.717, 1.165) is 5.56 Å². The second-order valence-corrected chi connectivity index (χ2v) is 5.62. The molecule has 0 aliphatic heterocycles. The lowest BCUT2D eigenvalue weighted by molar-refractivity contribution is -0.128. The van der Waals surface area contributed by atoms with Gasteiger partial charge in [0, 0.05) is 16.6 Å². The van der Waals surface area contributed by atoms with Gasteiger partial charge in [-0.3, -0.25) is 4.79 Å². The molecule has 1 amide bonds. The number of carbonyl (C=O) groups is 1. The SMILES string of the molecule is CCC(Oc1ccc(Cl)cc1)C(=O)NCc1ccccc1Cl. The maximum Gasteiger partial charge on any atom is 0.261 e. The first-order valence-electron chi connectivity index (χ1n) is 7.03. The fraction of sp³-hybridized carbons (Fsp3) is 0.235. The van der Waals surface area contributed by atoms with Crippen LogP contribution in [0.5, 0.6) is 5.75 Å². The molecule has 2 aromatic rings. The van der Waals surface area contributed by atoms with Crippen LogP contribution in [0.4, 0.5) is 0 Å². The Morgan fingerprint density at radius 3 is 2.45 bits per heavy atom. The molecule has 1 N–H and O–H groups in total. The van der Waals surface area contributed by atoms with E-state index in [0.29, 0.717) is 28.8 Å². The zero-order valence-corrected chi connectivity index (χ0v) is 13.7. The minimum Gasteiger partial charge on any atom is -0.481 e. The smallest absolute Gasteiger partial charge is 0.261 e. The molecule has 3 nitrogen and oxygen atoms in total. The van der Waals surface area contributed by atoms with Crippen molar-refractivity contribution >= 4 is 29.1 Å². The molecule has 0 heterocycles. The van der Waals surface area contributed by atoms with E-state index in [9.17, 15) is 4.79 Å². The third-order valence-corrected chi connectivity index (χ3v) is 3.79. The van der Waals surface area contributed by atoms with Gasteiger partial charge in [-0.25, -0.2) is 0 Å². The summed E-state index contributed by atoms with van der Waals surface area (Å²) in [6.07, 6.45) is 0.0143. The lowest BCUT2D eigenvalue weighted by Gasteiger charge is -2.17. The van der Waals surface area contributed by atoms with Gasteiger partial charge in [-0.2, -0.15) is 0 Å². The van der Waals surface area contributed by atoms with E-state index in [2.05, 4.69) is 5.32 Å². The number of hydrogen-bond donors (Lipinski definition) is 1. The highest BCUT2D eigenvalue weighted by molar-refractivity contribution is 6.31. The summed E-state index contributed by atoms with van der Waals surface area (Å²) in [5.41, 5.74) is 0.874. The zero-order chi connectivity index (χ0) is 15.9. The zero-order valence-electron chi connectivity index (χ0n) is 12.2. The summed E-state index contributed by atoms with van der Waals surface area (Å²) in [4.78, 5) is 12.2. The van der Waals surface area contributed by atoms with E-state index < -0.39 is 6.10 Å². The first-order chi connectivity index (χ1) is 10.6. The van der Waals surface area contributed by atoms with Crippen LogP contribution in [0.25, 0.3) is 0 Å². The van der Waals surface area contributed by atoms with Gasteiger partial charge in [0.25, 0.3) is 5.91 Å². The minimum atomic E-state index is -0.552. The quantitative estimate of drug-likeness (QED) is 0.844. The molecule has 0 radical (unpaired) electrons. The number of rotatable bonds is 6. The van der Waals surface area contributed by atoms with Crippen LogP contribution >= 0.6 is 23.2 Å². The topological polar surface area (TPSA) is 38.3 Å². The van der Waals surface area contributed by atoms with Crippen LogP contribution in [-0.4, -0.2) is 12.0 Å². The van der Waals surface area contributed by atoms with Gasteiger partial charge in [-0.15, -0.1) is 0 Å². The van der Waals surface area contributed by atoms with E-state index >= 15 is 0 Å². The lowest BCUT2D eigenvalue weighted by atomic mass is 10.2. The van der Waals surface area contributed by atoms with Gasteiger partial charge in [0.15, 0.2) is 6.10 Å². The highest BCUT2D eigenvalue weighted by Crippen LogP contribution is 2.18. The van der Waals surface area contributed by atoms with Crippen LogP contribution < -0.4 is 10.1 Å². The molecule has 0 saturated heterocycles. The molecule has 116 valence electrons. The number of hydrogen-bond acceptors (Lipinski definition) is 2. The Bertz CT molecular complexity index is 629. The highest BCUT2D eigenvalue weighted by Gasteiger charge is 2.18. The number of benzene rings is 2. The molecule has 1 unspecified atom stereocenters. The maximum absolute atomic E-state index is 12.2. The lowest BCUT2D eigenvalue weighted by Crippen LogP contribution is -2.37. The molecule has 1 atom stereocenters. The highest BCUT2D eigenvalue weighted by atomic mass is 35.5. The standard InChI is InChI=1S/C17H17Cl2NO2/c1-2-16(22-14-9-7-13(18)8-10-14)17(21)20-11-12-5-3-4-6-15(12)19/h3-10,16H,2,11H2,1H3,(H,20,21). The van der Waals surface area contributed by atoms with Crippen LogP contribution in [0.15, 0.2) is 48.5 Å². The van der Waals surface area contributed by atoms with Crippen LogP contribution in [0.2, 0.25) is 10.0 Å². The maximum atomic E-state index is 12.2. The third-order valence-electron chi connectivity index (χ3n) is 3.17. The number of amides is 1. The Balaban J connectivity index is 1.94. The number of carbonyl (C=O) groups excluding carboxylic acids is 1. The Morgan fingerprint density at radius 1 is 1.14 bits per heavy atom. The predicted molar refractivity (Wildman–Crippen MR) is 89.5 cm³/mol. The second kappa shape index (κ2) is 8.06. The van der Waals surface area contributed by atoms with E-state index in [1.807, 2.05) is 25.1 Å².